The summed E-state index contributed by atoms with van der Waals surface area (Å²) in [5, 5.41) is 0. The van der Waals surface area contributed by atoms with E-state index in [-0.39, 0.29) is 17.4 Å². The van der Waals surface area contributed by atoms with Gasteiger partial charge in [-0.1, -0.05) is 106 Å². The van der Waals surface area contributed by atoms with Crippen molar-refractivity contribution in [3.05, 3.63) is 71.8 Å². The third-order valence-electron chi connectivity index (χ3n) is 13.4. The molecule has 2 unspecified atom stereocenters. The van der Waals surface area contributed by atoms with Crippen molar-refractivity contribution >= 4 is 0 Å². The molecule has 5 fully saturated rings. The average Bonchev–Trinajstić information content (AvgIpc) is 3.46. The average molecular weight is 549 g/mol. The minimum absolute atomic E-state index is 0.223. The summed E-state index contributed by atoms with van der Waals surface area (Å²) in [7, 11) is 0. The first kappa shape index (κ1) is 26.5. The standard InChI is InChI=1S/C39H48O2/c1-26-19-23-39(40-25-26)36(34(27-12-6-4-7-13-27)28-14-8-5-9-15-28)35-33(41-39)24-32-30-18-17-29-16-10-11-21-37(29,2)31(30)20-22-38(32,35)3/h4-9,12-15,26,29-36H,10-11,16,19-25H2,1-3H3/t26?,29?,30-,31+,32+,33+,35-,36+,37+,38+,39-/m1/s1. The van der Waals surface area contributed by atoms with Gasteiger partial charge in [-0.15, -0.1) is 0 Å². The third kappa shape index (κ3) is 3.91. The molecular weight excluding hydrogens is 500 g/mol. The molecule has 2 heteroatoms. The van der Waals surface area contributed by atoms with Crippen molar-refractivity contribution in [2.45, 2.75) is 96.4 Å². The Hall–Kier alpha value is -2.08. The van der Waals surface area contributed by atoms with Gasteiger partial charge >= 0.3 is 0 Å². The maximum absolute atomic E-state index is 7.40. The van der Waals surface area contributed by atoms with E-state index in [0.29, 0.717) is 40.9 Å². The highest BCUT2D eigenvalue weighted by molar-refractivity contribution is 5.37. The Bertz CT molecular complexity index is 1280. The number of hydrogen-bond acceptors (Lipinski definition) is 2. The zero-order chi connectivity index (χ0) is 27.8. The molecule has 0 aromatic heterocycles. The Balaban J connectivity index is 1.24. The van der Waals surface area contributed by atoms with E-state index in [1.54, 1.807) is 0 Å². The Labute approximate surface area is 248 Å². The molecular formula is C39H48O2. The van der Waals surface area contributed by atoms with Crippen LogP contribution in [0.25, 0.3) is 0 Å². The summed E-state index contributed by atoms with van der Waals surface area (Å²) in [5.74, 6) is 11.5. The number of benzene rings is 2. The van der Waals surface area contributed by atoms with Gasteiger partial charge in [0, 0.05) is 30.1 Å². The number of fused-ring (bicyclic) bond motifs is 7. The molecule has 216 valence electrons. The smallest absolute Gasteiger partial charge is 0.172 e. The lowest BCUT2D eigenvalue weighted by Gasteiger charge is -2.57. The maximum atomic E-state index is 7.40. The van der Waals surface area contributed by atoms with Crippen molar-refractivity contribution in [1.82, 2.24) is 0 Å². The first-order chi connectivity index (χ1) is 19.9. The Morgan fingerprint density at radius 3 is 2.20 bits per heavy atom. The van der Waals surface area contributed by atoms with Crippen LogP contribution in [0.3, 0.4) is 0 Å². The fourth-order valence-corrected chi connectivity index (χ4v) is 11.4. The van der Waals surface area contributed by atoms with Crippen molar-refractivity contribution in [3.8, 4) is 11.8 Å². The van der Waals surface area contributed by atoms with E-state index in [1.165, 1.54) is 56.1 Å². The summed E-state index contributed by atoms with van der Waals surface area (Å²) >= 11 is 0. The van der Waals surface area contributed by atoms with E-state index in [0.717, 1.165) is 25.4 Å². The second-order valence-electron chi connectivity index (χ2n) is 15.4. The van der Waals surface area contributed by atoms with E-state index in [2.05, 4.69) is 93.3 Å². The van der Waals surface area contributed by atoms with Crippen LogP contribution in [-0.4, -0.2) is 18.5 Å². The SMILES string of the molecule is CC1CC[C@@]2(OC1)O[C@H]1C[C@H]3[C@@H]4C#CC5CCCC[C@]5(C)[C@H]4CC[C@]3(C)[C@H]1[C@@H]2C(c1ccccc1)c1ccccc1. The molecule has 2 heterocycles. The maximum Gasteiger partial charge on any atom is 0.172 e. The Morgan fingerprint density at radius 2 is 1.51 bits per heavy atom. The topological polar surface area (TPSA) is 18.5 Å². The van der Waals surface area contributed by atoms with Gasteiger partial charge in [-0.2, -0.15) is 0 Å². The lowest BCUT2D eigenvalue weighted by atomic mass is 9.46. The molecule has 3 saturated carbocycles. The van der Waals surface area contributed by atoms with E-state index < -0.39 is 5.79 Å². The largest absolute Gasteiger partial charge is 0.349 e. The van der Waals surface area contributed by atoms with Crippen molar-refractivity contribution in [2.24, 2.45) is 52.3 Å². The molecule has 6 aliphatic rings. The second-order valence-corrected chi connectivity index (χ2v) is 15.4. The van der Waals surface area contributed by atoms with Gasteiger partial charge in [-0.05, 0) is 84.2 Å². The zero-order valence-electron chi connectivity index (χ0n) is 25.4. The van der Waals surface area contributed by atoms with Crippen LogP contribution in [0.1, 0.15) is 95.6 Å². The molecule has 1 spiro atoms. The fraction of sp³-hybridized carbons (Fsp3) is 0.641. The minimum atomic E-state index is -0.498. The first-order valence-corrected chi connectivity index (χ1v) is 16.9. The third-order valence-corrected chi connectivity index (χ3v) is 13.4. The molecule has 0 bridgehead atoms. The number of hydrogen-bond donors (Lipinski definition) is 0. The predicted octanol–water partition coefficient (Wildman–Crippen LogP) is 8.86. The number of ether oxygens (including phenoxy) is 2. The van der Waals surface area contributed by atoms with Crippen LogP contribution < -0.4 is 0 Å². The van der Waals surface area contributed by atoms with Gasteiger partial charge in [0.05, 0.1) is 12.7 Å². The van der Waals surface area contributed by atoms with E-state index in [4.69, 9.17) is 9.47 Å². The monoisotopic (exact) mass is 548 g/mol. The van der Waals surface area contributed by atoms with Gasteiger partial charge in [-0.3, -0.25) is 0 Å². The van der Waals surface area contributed by atoms with Crippen LogP contribution in [0.5, 0.6) is 0 Å². The normalized spacial score (nSPS) is 46.2. The van der Waals surface area contributed by atoms with Crippen molar-refractivity contribution < 1.29 is 9.47 Å². The van der Waals surface area contributed by atoms with Gasteiger partial charge in [0.1, 0.15) is 0 Å². The summed E-state index contributed by atoms with van der Waals surface area (Å²) in [6.07, 6.45) is 11.7. The first-order valence-electron chi connectivity index (χ1n) is 16.9. The van der Waals surface area contributed by atoms with E-state index >= 15 is 0 Å². The molecule has 2 aromatic carbocycles. The van der Waals surface area contributed by atoms with Crippen LogP contribution in [0.4, 0.5) is 0 Å². The fourth-order valence-electron chi connectivity index (χ4n) is 11.4. The summed E-state index contributed by atoms with van der Waals surface area (Å²) in [5.41, 5.74) is 3.45. The highest BCUT2D eigenvalue weighted by atomic mass is 16.7. The predicted molar refractivity (Wildman–Crippen MR) is 164 cm³/mol. The van der Waals surface area contributed by atoms with Crippen molar-refractivity contribution in [1.29, 1.82) is 0 Å². The van der Waals surface area contributed by atoms with Crippen molar-refractivity contribution in [2.75, 3.05) is 6.61 Å². The van der Waals surface area contributed by atoms with E-state index in [9.17, 15) is 0 Å². The summed E-state index contributed by atoms with van der Waals surface area (Å²) in [6, 6.07) is 22.6. The van der Waals surface area contributed by atoms with Gasteiger partial charge in [0.15, 0.2) is 5.79 Å². The highest BCUT2D eigenvalue weighted by Gasteiger charge is 2.71. The Kier molecular flexibility index (Phi) is 6.29. The molecule has 11 atom stereocenters. The molecule has 2 nitrogen and oxygen atoms in total. The van der Waals surface area contributed by atoms with Gasteiger partial charge in [0.2, 0.25) is 0 Å². The quantitative estimate of drug-likeness (QED) is 0.357. The van der Waals surface area contributed by atoms with Crippen LogP contribution in [0.2, 0.25) is 0 Å². The molecule has 2 aromatic rings. The molecule has 0 N–H and O–H groups in total. The van der Waals surface area contributed by atoms with Gasteiger partial charge in [-0.25, -0.2) is 0 Å². The van der Waals surface area contributed by atoms with Crippen molar-refractivity contribution in [3.63, 3.8) is 0 Å². The lowest BCUT2D eigenvalue weighted by Crippen LogP contribution is -2.54. The minimum Gasteiger partial charge on any atom is -0.349 e. The van der Waals surface area contributed by atoms with E-state index in [1.807, 2.05) is 0 Å². The summed E-state index contributed by atoms with van der Waals surface area (Å²) in [4.78, 5) is 0. The van der Waals surface area contributed by atoms with Crippen LogP contribution in [0, 0.1) is 64.1 Å². The molecule has 8 rings (SSSR count). The highest BCUT2D eigenvalue weighted by Crippen LogP contribution is 2.71. The molecule has 2 saturated heterocycles. The number of rotatable bonds is 3. The zero-order valence-corrected chi connectivity index (χ0v) is 25.4. The molecule has 0 radical (unpaired) electrons. The Morgan fingerprint density at radius 1 is 0.780 bits per heavy atom. The molecule has 2 aliphatic heterocycles. The van der Waals surface area contributed by atoms with Crippen LogP contribution in [0.15, 0.2) is 60.7 Å². The second kappa shape index (κ2) is 9.72. The lowest BCUT2D eigenvalue weighted by molar-refractivity contribution is -0.276. The van der Waals surface area contributed by atoms with Gasteiger partial charge in [0.25, 0.3) is 0 Å². The summed E-state index contributed by atoms with van der Waals surface area (Å²) in [6.45, 7) is 8.42. The van der Waals surface area contributed by atoms with Crippen LogP contribution in [-0.2, 0) is 9.47 Å². The summed E-state index contributed by atoms with van der Waals surface area (Å²) < 4.78 is 14.4. The van der Waals surface area contributed by atoms with Crippen LogP contribution >= 0.6 is 0 Å². The molecule has 41 heavy (non-hydrogen) atoms. The van der Waals surface area contributed by atoms with Gasteiger partial charge < -0.3 is 9.47 Å². The molecule has 4 aliphatic carbocycles. The molecule has 0 amide bonds.